The van der Waals surface area contributed by atoms with E-state index < -0.39 is 0 Å². The van der Waals surface area contributed by atoms with Crippen LogP contribution in [0.2, 0.25) is 0 Å². The van der Waals surface area contributed by atoms with Crippen molar-refractivity contribution in [1.82, 2.24) is 4.90 Å². The third-order valence-electron chi connectivity index (χ3n) is 1.53. The number of hydrogen-bond acceptors (Lipinski definition) is 2. The molecule has 12 heavy (non-hydrogen) atoms. The van der Waals surface area contributed by atoms with Crippen molar-refractivity contribution in [2.45, 2.75) is 39.2 Å². The van der Waals surface area contributed by atoms with E-state index in [2.05, 4.69) is 39.8 Å². The summed E-state index contributed by atoms with van der Waals surface area (Å²) in [7, 11) is 4.20. The van der Waals surface area contributed by atoms with Gasteiger partial charge in [-0.1, -0.05) is 0 Å². The fraction of sp³-hybridized carbons (Fsp3) is 1.00. The van der Waals surface area contributed by atoms with Crippen molar-refractivity contribution in [2.24, 2.45) is 0 Å². The van der Waals surface area contributed by atoms with Crippen LogP contribution < -0.4 is 0 Å². The van der Waals surface area contributed by atoms with Crippen LogP contribution in [0.5, 0.6) is 0 Å². The van der Waals surface area contributed by atoms with E-state index in [-0.39, 0.29) is 5.60 Å². The molecule has 74 valence electrons. The zero-order chi connectivity index (χ0) is 9.61. The van der Waals surface area contributed by atoms with Gasteiger partial charge in [-0.05, 0) is 54.3 Å². The van der Waals surface area contributed by atoms with Gasteiger partial charge in [0.15, 0.2) is 0 Å². The average Bonchev–Trinajstić information content (AvgIpc) is 1.83. The number of rotatable bonds is 5. The molecule has 0 atom stereocenters. The normalized spacial score (nSPS) is 12.5. The first-order chi connectivity index (χ1) is 5.42. The predicted molar refractivity (Wildman–Crippen MR) is 53.5 cm³/mol. The van der Waals surface area contributed by atoms with Gasteiger partial charge >= 0.3 is 0 Å². The predicted octanol–water partition coefficient (Wildman–Crippen LogP) is 2.14. The Morgan fingerprint density at radius 3 is 2.08 bits per heavy atom. The SMILES string of the molecule is CN(C)CCCCOC(C)(C)C. The molecular weight excluding hydrogens is 150 g/mol. The Hall–Kier alpha value is -0.0800. The summed E-state index contributed by atoms with van der Waals surface area (Å²) in [4.78, 5) is 2.21. The lowest BCUT2D eigenvalue weighted by molar-refractivity contribution is -0.00499. The van der Waals surface area contributed by atoms with Crippen LogP contribution >= 0.6 is 0 Å². The van der Waals surface area contributed by atoms with Gasteiger partial charge in [-0.25, -0.2) is 0 Å². The van der Waals surface area contributed by atoms with Crippen molar-refractivity contribution >= 4 is 0 Å². The second-order valence-electron chi connectivity index (χ2n) is 4.47. The van der Waals surface area contributed by atoms with Crippen LogP contribution in [-0.2, 0) is 4.74 Å². The van der Waals surface area contributed by atoms with Gasteiger partial charge in [0.1, 0.15) is 0 Å². The van der Waals surface area contributed by atoms with Gasteiger partial charge < -0.3 is 9.64 Å². The first-order valence-electron chi connectivity index (χ1n) is 4.70. The maximum Gasteiger partial charge on any atom is 0.0598 e. The molecule has 0 fully saturated rings. The van der Waals surface area contributed by atoms with Crippen molar-refractivity contribution in [3.05, 3.63) is 0 Å². The van der Waals surface area contributed by atoms with E-state index in [1.807, 2.05) is 0 Å². The molecule has 0 saturated carbocycles. The third kappa shape index (κ3) is 9.92. The topological polar surface area (TPSA) is 12.5 Å². The first kappa shape index (κ1) is 11.9. The third-order valence-corrected chi connectivity index (χ3v) is 1.53. The van der Waals surface area contributed by atoms with Gasteiger partial charge in [-0.2, -0.15) is 0 Å². The molecule has 0 N–H and O–H groups in total. The highest BCUT2D eigenvalue weighted by Crippen LogP contribution is 2.07. The molecule has 0 aromatic carbocycles. The lowest BCUT2D eigenvalue weighted by Gasteiger charge is -2.19. The molecule has 0 bridgehead atoms. The van der Waals surface area contributed by atoms with Crippen LogP contribution in [0.1, 0.15) is 33.6 Å². The van der Waals surface area contributed by atoms with Crippen molar-refractivity contribution < 1.29 is 4.74 Å². The maximum atomic E-state index is 5.59. The van der Waals surface area contributed by atoms with Crippen molar-refractivity contribution in [1.29, 1.82) is 0 Å². The van der Waals surface area contributed by atoms with Crippen molar-refractivity contribution in [3.8, 4) is 0 Å². The van der Waals surface area contributed by atoms with Gasteiger partial charge in [0.2, 0.25) is 0 Å². The molecule has 0 aromatic rings. The van der Waals surface area contributed by atoms with E-state index in [4.69, 9.17) is 4.74 Å². The van der Waals surface area contributed by atoms with E-state index in [1.165, 1.54) is 6.42 Å². The second kappa shape index (κ2) is 5.55. The van der Waals surface area contributed by atoms with Gasteiger partial charge in [-0.15, -0.1) is 0 Å². The van der Waals surface area contributed by atoms with E-state index in [9.17, 15) is 0 Å². The fourth-order valence-corrected chi connectivity index (χ4v) is 0.908. The lowest BCUT2D eigenvalue weighted by Crippen LogP contribution is -2.20. The summed E-state index contributed by atoms with van der Waals surface area (Å²) >= 11 is 0. The van der Waals surface area contributed by atoms with Crippen molar-refractivity contribution in [3.63, 3.8) is 0 Å². The molecule has 0 unspecified atom stereocenters. The van der Waals surface area contributed by atoms with Crippen LogP contribution in [0, 0.1) is 0 Å². The standard InChI is InChI=1S/C10H23NO/c1-10(2,3)12-9-7-6-8-11(4)5/h6-9H2,1-5H3. The molecule has 0 aliphatic carbocycles. The highest BCUT2D eigenvalue weighted by atomic mass is 16.5. The van der Waals surface area contributed by atoms with Gasteiger partial charge in [-0.3, -0.25) is 0 Å². The zero-order valence-corrected chi connectivity index (χ0v) is 9.18. The minimum absolute atomic E-state index is 0.0259. The van der Waals surface area contributed by atoms with Crippen LogP contribution in [-0.4, -0.2) is 37.7 Å². The Bertz CT molecular complexity index is 105. The highest BCUT2D eigenvalue weighted by Gasteiger charge is 2.08. The summed E-state index contributed by atoms with van der Waals surface area (Å²) in [6.45, 7) is 8.34. The van der Waals surface area contributed by atoms with Gasteiger partial charge in [0, 0.05) is 6.61 Å². The molecule has 0 aliphatic heterocycles. The molecule has 0 saturated heterocycles. The molecule has 0 amide bonds. The molecule has 0 aliphatic rings. The van der Waals surface area contributed by atoms with Crippen LogP contribution in [0.3, 0.4) is 0 Å². The molecule has 2 nitrogen and oxygen atoms in total. The summed E-state index contributed by atoms with van der Waals surface area (Å²) in [5.74, 6) is 0. The summed E-state index contributed by atoms with van der Waals surface area (Å²) in [6, 6.07) is 0. The summed E-state index contributed by atoms with van der Waals surface area (Å²) in [6.07, 6.45) is 2.39. The van der Waals surface area contributed by atoms with Crippen LogP contribution in [0.15, 0.2) is 0 Å². The average molecular weight is 173 g/mol. The molecule has 0 rings (SSSR count). The molecule has 2 heteroatoms. The Morgan fingerprint density at radius 2 is 1.67 bits per heavy atom. The Labute approximate surface area is 76.9 Å². The number of hydrogen-bond donors (Lipinski definition) is 0. The Kier molecular flexibility index (Phi) is 5.51. The van der Waals surface area contributed by atoms with E-state index >= 15 is 0 Å². The Balaban J connectivity index is 3.12. The van der Waals surface area contributed by atoms with Crippen molar-refractivity contribution in [2.75, 3.05) is 27.2 Å². The lowest BCUT2D eigenvalue weighted by atomic mass is 10.2. The van der Waals surface area contributed by atoms with Crippen LogP contribution in [0.25, 0.3) is 0 Å². The summed E-state index contributed by atoms with van der Waals surface area (Å²) in [5, 5.41) is 0. The maximum absolute atomic E-state index is 5.59. The monoisotopic (exact) mass is 173 g/mol. The Morgan fingerprint density at radius 1 is 1.08 bits per heavy atom. The van der Waals surface area contributed by atoms with E-state index in [0.29, 0.717) is 0 Å². The molecule has 0 heterocycles. The number of nitrogens with zero attached hydrogens (tertiary/aromatic N) is 1. The smallest absolute Gasteiger partial charge is 0.0598 e. The van der Waals surface area contributed by atoms with E-state index in [1.54, 1.807) is 0 Å². The minimum Gasteiger partial charge on any atom is -0.376 e. The second-order valence-corrected chi connectivity index (χ2v) is 4.47. The van der Waals surface area contributed by atoms with Gasteiger partial charge in [0.05, 0.1) is 5.60 Å². The first-order valence-corrected chi connectivity index (χ1v) is 4.70. The zero-order valence-electron chi connectivity index (χ0n) is 9.18. The minimum atomic E-state index is 0.0259. The quantitative estimate of drug-likeness (QED) is 0.591. The van der Waals surface area contributed by atoms with Crippen LogP contribution in [0.4, 0.5) is 0 Å². The van der Waals surface area contributed by atoms with E-state index in [0.717, 1.165) is 19.6 Å². The fourth-order valence-electron chi connectivity index (χ4n) is 0.908. The largest absolute Gasteiger partial charge is 0.376 e. The highest BCUT2D eigenvalue weighted by molar-refractivity contribution is 4.58. The molecule has 0 spiro atoms. The molecular formula is C10H23NO. The molecule has 0 radical (unpaired) electrons. The van der Waals surface area contributed by atoms with Gasteiger partial charge in [0.25, 0.3) is 0 Å². The summed E-state index contributed by atoms with van der Waals surface area (Å²) in [5.41, 5.74) is 0.0259. The number of ether oxygens (including phenoxy) is 1. The summed E-state index contributed by atoms with van der Waals surface area (Å²) < 4.78 is 5.59. The molecule has 0 aromatic heterocycles. The number of unbranched alkanes of at least 4 members (excludes halogenated alkanes) is 1.